The summed E-state index contributed by atoms with van der Waals surface area (Å²) in [4.78, 5) is 13.6. The molecule has 0 bridgehead atoms. The summed E-state index contributed by atoms with van der Waals surface area (Å²) in [6, 6.07) is 6.22. The topological polar surface area (TPSA) is 32.3 Å². The van der Waals surface area contributed by atoms with E-state index in [0.717, 1.165) is 16.8 Å². The van der Waals surface area contributed by atoms with Crippen LogP contribution >= 0.6 is 0 Å². The van der Waals surface area contributed by atoms with E-state index in [2.05, 4.69) is 19.2 Å². The van der Waals surface area contributed by atoms with Crippen LogP contribution in [0, 0.1) is 6.92 Å². The molecule has 1 aromatic rings. The third kappa shape index (κ3) is 2.99. The molecule has 0 aliphatic heterocycles. The van der Waals surface area contributed by atoms with Gasteiger partial charge in [-0.25, -0.2) is 0 Å². The van der Waals surface area contributed by atoms with Gasteiger partial charge in [-0.05, 0) is 32.9 Å². The van der Waals surface area contributed by atoms with E-state index in [-0.39, 0.29) is 5.91 Å². The number of nitrogens with zero attached hydrogens (tertiary/aromatic N) is 1. The number of carbonyl (C=O) groups is 1. The van der Waals surface area contributed by atoms with Gasteiger partial charge in [0, 0.05) is 25.8 Å². The highest BCUT2D eigenvalue weighted by Crippen LogP contribution is 2.19. The fraction of sp³-hybridized carbons (Fsp3) is 0.462. The fourth-order valence-electron chi connectivity index (χ4n) is 1.51. The Labute approximate surface area is 97.5 Å². The van der Waals surface area contributed by atoms with Crippen molar-refractivity contribution < 1.29 is 4.79 Å². The van der Waals surface area contributed by atoms with Crippen LogP contribution in [0.1, 0.15) is 29.8 Å². The average molecular weight is 220 g/mol. The molecule has 0 saturated heterocycles. The molecule has 0 radical (unpaired) electrons. The van der Waals surface area contributed by atoms with E-state index in [0.29, 0.717) is 6.04 Å². The van der Waals surface area contributed by atoms with Gasteiger partial charge in [0.05, 0.1) is 5.56 Å². The molecule has 3 nitrogen and oxygen atoms in total. The highest BCUT2D eigenvalue weighted by atomic mass is 16.2. The molecule has 0 atom stereocenters. The molecule has 0 heterocycles. The Morgan fingerprint density at radius 1 is 1.31 bits per heavy atom. The van der Waals surface area contributed by atoms with E-state index in [1.807, 2.05) is 25.1 Å². The minimum atomic E-state index is 0.0341. The molecule has 0 spiro atoms. The Morgan fingerprint density at radius 3 is 2.44 bits per heavy atom. The Hall–Kier alpha value is -1.51. The molecule has 0 saturated carbocycles. The lowest BCUT2D eigenvalue weighted by Crippen LogP contribution is -2.24. The number of amides is 1. The summed E-state index contributed by atoms with van der Waals surface area (Å²) < 4.78 is 0. The standard InChI is InChI=1S/C13H20N2O/c1-9(2)14-12-7-6-10(3)8-11(12)13(16)15(4)5/h6-9,14H,1-5H3. The van der Waals surface area contributed by atoms with Crippen molar-refractivity contribution in [3.05, 3.63) is 29.3 Å². The normalized spacial score (nSPS) is 10.4. The Morgan fingerprint density at radius 2 is 1.94 bits per heavy atom. The third-order valence-electron chi connectivity index (χ3n) is 2.26. The number of anilines is 1. The number of hydrogen-bond donors (Lipinski definition) is 1. The van der Waals surface area contributed by atoms with Crippen LogP contribution in [0.25, 0.3) is 0 Å². The van der Waals surface area contributed by atoms with Crippen LogP contribution < -0.4 is 5.32 Å². The van der Waals surface area contributed by atoms with Crippen molar-refractivity contribution in [2.24, 2.45) is 0 Å². The maximum Gasteiger partial charge on any atom is 0.255 e. The minimum absolute atomic E-state index is 0.0341. The van der Waals surface area contributed by atoms with Crippen LogP contribution in [-0.2, 0) is 0 Å². The van der Waals surface area contributed by atoms with Crippen LogP contribution in [0.3, 0.4) is 0 Å². The number of nitrogens with one attached hydrogen (secondary N) is 1. The van der Waals surface area contributed by atoms with Gasteiger partial charge in [0.1, 0.15) is 0 Å². The van der Waals surface area contributed by atoms with E-state index < -0.39 is 0 Å². The molecule has 0 fully saturated rings. The molecule has 0 aliphatic rings. The van der Waals surface area contributed by atoms with Crippen molar-refractivity contribution in [3.63, 3.8) is 0 Å². The molecule has 0 aromatic heterocycles. The average Bonchev–Trinajstić information content (AvgIpc) is 2.18. The molecular formula is C13H20N2O. The monoisotopic (exact) mass is 220 g/mol. The first-order valence-electron chi connectivity index (χ1n) is 5.50. The van der Waals surface area contributed by atoms with Gasteiger partial charge >= 0.3 is 0 Å². The number of carbonyl (C=O) groups excluding carboxylic acids is 1. The van der Waals surface area contributed by atoms with Crippen LogP contribution in [0.2, 0.25) is 0 Å². The zero-order valence-electron chi connectivity index (χ0n) is 10.7. The van der Waals surface area contributed by atoms with Gasteiger partial charge in [0.2, 0.25) is 0 Å². The van der Waals surface area contributed by atoms with Crippen LogP contribution in [0.4, 0.5) is 5.69 Å². The third-order valence-corrected chi connectivity index (χ3v) is 2.26. The van der Waals surface area contributed by atoms with Gasteiger partial charge in [-0.15, -0.1) is 0 Å². The van der Waals surface area contributed by atoms with E-state index in [4.69, 9.17) is 0 Å². The van der Waals surface area contributed by atoms with Crippen LogP contribution in [0.5, 0.6) is 0 Å². The highest BCUT2D eigenvalue weighted by Gasteiger charge is 2.13. The van der Waals surface area contributed by atoms with Crippen LogP contribution in [0.15, 0.2) is 18.2 Å². The zero-order valence-corrected chi connectivity index (χ0v) is 10.7. The van der Waals surface area contributed by atoms with E-state index in [1.54, 1.807) is 19.0 Å². The Bertz CT molecular complexity index is 384. The molecule has 0 aliphatic carbocycles. The lowest BCUT2D eigenvalue weighted by Gasteiger charge is -2.17. The second kappa shape index (κ2) is 5.01. The summed E-state index contributed by atoms with van der Waals surface area (Å²) in [6.45, 7) is 6.11. The first-order valence-corrected chi connectivity index (χ1v) is 5.50. The lowest BCUT2D eigenvalue weighted by atomic mass is 10.1. The predicted molar refractivity (Wildman–Crippen MR) is 68.0 cm³/mol. The Balaban J connectivity index is 3.12. The molecule has 3 heteroatoms. The van der Waals surface area contributed by atoms with Gasteiger partial charge in [0.15, 0.2) is 0 Å². The molecular weight excluding hydrogens is 200 g/mol. The quantitative estimate of drug-likeness (QED) is 0.849. The smallest absolute Gasteiger partial charge is 0.255 e. The van der Waals surface area contributed by atoms with Gasteiger partial charge in [-0.2, -0.15) is 0 Å². The van der Waals surface area contributed by atoms with E-state index in [1.165, 1.54) is 0 Å². The fourth-order valence-corrected chi connectivity index (χ4v) is 1.51. The van der Waals surface area contributed by atoms with Gasteiger partial charge < -0.3 is 10.2 Å². The van der Waals surface area contributed by atoms with Gasteiger partial charge in [0.25, 0.3) is 5.91 Å². The molecule has 1 rings (SSSR count). The van der Waals surface area contributed by atoms with Crippen molar-refractivity contribution in [3.8, 4) is 0 Å². The summed E-state index contributed by atoms with van der Waals surface area (Å²) >= 11 is 0. The SMILES string of the molecule is Cc1ccc(NC(C)C)c(C(=O)N(C)C)c1. The first-order chi connectivity index (χ1) is 7.41. The van der Waals surface area contributed by atoms with Crippen molar-refractivity contribution in [2.75, 3.05) is 19.4 Å². The van der Waals surface area contributed by atoms with Crippen molar-refractivity contribution in [2.45, 2.75) is 26.8 Å². The summed E-state index contributed by atoms with van der Waals surface area (Å²) in [6.07, 6.45) is 0. The van der Waals surface area contributed by atoms with Crippen molar-refractivity contribution in [1.82, 2.24) is 4.90 Å². The summed E-state index contributed by atoms with van der Waals surface area (Å²) in [5.74, 6) is 0.0341. The molecule has 1 aromatic carbocycles. The number of rotatable bonds is 3. The Kier molecular flexibility index (Phi) is 3.93. The second-order valence-electron chi connectivity index (χ2n) is 4.55. The zero-order chi connectivity index (χ0) is 12.3. The van der Waals surface area contributed by atoms with E-state index in [9.17, 15) is 4.79 Å². The summed E-state index contributed by atoms with van der Waals surface area (Å²) in [5, 5.41) is 3.29. The van der Waals surface area contributed by atoms with Gasteiger partial charge in [-0.1, -0.05) is 11.6 Å². The van der Waals surface area contributed by atoms with E-state index >= 15 is 0 Å². The second-order valence-corrected chi connectivity index (χ2v) is 4.55. The molecule has 16 heavy (non-hydrogen) atoms. The highest BCUT2D eigenvalue weighted by molar-refractivity contribution is 5.99. The van der Waals surface area contributed by atoms with Crippen LogP contribution in [-0.4, -0.2) is 30.9 Å². The molecule has 88 valence electrons. The largest absolute Gasteiger partial charge is 0.382 e. The first kappa shape index (κ1) is 12.6. The van der Waals surface area contributed by atoms with Crippen molar-refractivity contribution >= 4 is 11.6 Å². The summed E-state index contributed by atoms with van der Waals surface area (Å²) in [5.41, 5.74) is 2.73. The van der Waals surface area contributed by atoms with Crippen molar-refractivity contribution in [1.29, 1.82) is 0 Å². The molecule has 1 amide bonds. The molecule has 1 N–H and O–H groups in total. The predicted octanol–water partition coefficient (Wildman–Crippen LogP) is 2.52. The van der Waals surface area contributed by atoms with Gasteiger partial charge in [-0.3, -0.25) is 4.79 Å². The number of hydrogen-bond acceptors (Lipinski definition) is 2. The maximum absolute atomic E-state index is 12.0. The maximum atomic E-state index is 12.0. The number of aryl methyl sites for hydroxylation is 1. The minimum Gasteiger partial charge on any atom is -0.382 e. The molecule has 0 unspecified atom stereocenters. The number of benzene rings is 1. The lowest BCUT2D eigenvalue weighted by molar-refractivity contribution is 0.0828. The summed E-state index contributed by atoms with van der Waals surface area (Å²) in [7, 11) is 3.54.